The van der Waals surface area contributed by atoms with Crippen molar-refractivity contribution in [1.82, 2.24) is 9.55 Å². The molecule has 0 N–H and O–H groups in total. The minimum Gasteiger partial charge on any atom is -0.491 e. The van der Waals surface area contributed by atoms with Crippen LogP contribution in [0.1, 0.15) is 18.3 Å². The van der Waals surface area contributed by atoms with Gasteiger partial charge in [-0.25, -0.2) is 4.98 Å². The summed E-state index contributed by atoms with van der Waals surface area (Å²) in [5.41, 5.74) is 3.40. The molecule has 0 amide bonds. The molecule has 118 valence electrons. The second-order valence-electron chi connectivity index (χ2n) is 5.47. The molecular formula is C20H22N2O. The monoisotopic (exact) mass is 306 g/mol. The highest BCUT2D eigenvalue weighted by molar-refractivity contribution is 5.75. The van der Waals surface area contributed by atoms with Crippen LogP contribution in [0.3, 0.4) is 0 Å². The summed E-state index contributed by atoms with van der Waals surface area (Å²) < 4.78 is 8.27. The molecule has 0 spiro atoms. The Labute approximate surface area is 137 Å². The van der Waals surface area contributed by atoms with Gasteiger partial charge in [-0.15, -0.1) is 6.58 Å². The van der Waals surface area contributed by atoms with Crippen molar-refractivity contribution in [2.24, 2.45) is 0 Å². The molecule has 2 aromatic carbocycles. The average Bonchev–Trinajstić information content (AvgIpc) is 2.95. The fourth-order valence-electron chi connectivity index (χ4n) is 2.86. The maximum atomic E-state index is 6.02. The van der Waals surface area contributed by atoms with E-state index in [4.69, 9.17) is 9.72 Å². The Hall–Kier alpha value is -2.55. The molecule has 0 aliphatic rings. The van der Waals surface area contributed by atoms with Crippen LogP contribution in [0, 0.1) is 0 Å². The molecule has 3 aromatic rings. The van der Waals surface area contributed by atoms with Crippen molar-refractivity contribution in [1.29, 1.82) is 0 Å². The van der Waals surface area contributed by atoms with E-state index in [0.717, 1.165) is 36.5 Å². The molecule has 0 saturated carbocycles. The first-order valence-corrected chi connectivity index (χ1v) is 8.09. The fourth-order valence-corrected chi connectivity index (χ4v) is 2.86. The van der Waals surface area contributed by atoms with Crippen molar-refractivity contribution >= 4 is 11.0 Å². The van der Waals surface area contributed by atoms with Gasteiger partial charge in [-0.2, -0.15) is 0 Å². The van der Waals surface area contributed by atoms with E-state index in [1.807, 2.05) is 30.3 Å². The molecule has 1 aromatic heterocycles. The minimum absolute atomic E-state index is 0.626. The number of imidazole rings is 1. The number of ether oxygens (including phenoxy) is 1. The highest BCUT2D eigenvalue weighted by Gasteiger charge is 2.09. The molecule has 0 radical (unpaired) electrons. The van der Waals surface area contributed by atoms with Crippen LogP contribution in [0.15, 0.2) is 61.2 Å². The number of benzene rings is 2. The number of rotatable bonds is 7. The molecule has 0 fully saturated rings. The first-order chi connectivity index (χ1) is 11.3. The van der Waals surface area contributed by atoms with Gasteiger partial charge < -0.3 is 9.30 Å². The molecule has 0 unspecified atom stereocenters. The summed E-state index contributed by atoms with van der Waals surface area (Å²) in [6.07, 6.45) is 3.65. The van der Waals surface area contributed by atoms with Crippen molar-refractivity contribution in [2.45, 2.75) is 26.3 Å². The van der Waals surface area contributed by atoms with Crippen molar-refractivity contribution < 1.29 is 4.74 Å². The molecule has 3 rings (SSSR count). The Morgan fingerprint density at radius 3 is 2.74 bits per heavy atom. The average molecular weight is 306 g/mol. The van der Waals surface area contributed by atoms with Crippen LogP contribution in [-0.4, -0.2) is 16.2 Å². The summed E-state index contributed by atoms with van der Waals surface area (Å²) in [5.74, 6) is 2.05. The smallest absolute Gasteiger partial charge is 0.122 e. The SMILES string of the molecule is C=CCc1ccccc1OCCn1c(CC)nc2ccccc21. The summed E-state index contributed by atoms with van der Waals surface area (Å²) in [6, 6.07) is 16.4. The maximum Gasteiger partial charge on any atom is 0.122 e. The molecule has 0 atom stereocenters. The number of hydrogen-bond acceptors (Lipinski definition) is 2. The standard InChI is InChI=1S/C20H22N2O/c1-3-9-16-10-5-8-13-19(16)23-15-14-22-18-12-7-6-11-17(18)21-20(22)4-2/h3,5-8,10-13H,1,4,9,14-15H2,2H3. The summed E-state index contributed by atoms with van der Waals surface area (Å²) in [5, 5.41) is 0. The molecule has 0 aliphatic heterocycles. The van der Waals surface area contributed by atoms with Crippen molar-refractivity contribution in [3.63, 3.8) is 0 Å². The summed E-state index contributed by atoms with van der Waals surface area (Å²) in [6.45, 7) is 7.37. The Morgan fingerprint density at radius 2 is 1.91 bits per heavy atom. The summed E-state index contributed by atoms with van der Waals surface area (Å²) in [7, 11) is 0. The second kappa shape index (κ2) is 7.14. The first-order valence-electron chi connectivity index (χ1n) is 8.09. The number of hydrogen-bond donors (Lipinski definition) is 0. The Morgan fingerprint density at radius 1 is 1.13 bits per heavy atom. The van der Waals surface area contributed by atoms with E-state index in [1.165, 1.54) is 11.1 Å². The zero-order valence-electron chi connectivity index (χ0n) is 13.5. The molecule has 0 bridgehead atoms. The molecule has 0 aliphatic carbocycles. The number of nitrogens with zero attached hydrogens (tertiary/aromatic N) is 2. The Balaban J connectivity index is 1.75. The molecule has 3 heteroatoms. The predicted molar refractivity (Wildman–Crippen MR) is 94.9 cm³/mol. The second-order valence-corrected chi connectivity index (χ2v) is 5.47. The molecular weight excluding hydrogens is 284 g/mol. The zero-order valence-corrected chi connectivity index (χ0v) is 13.5. The van der Waals surface area contributed by atoms with Crippen molar-refractivity contribution in [2.75, 3.05) is 6.61 Å². The normalized spacial score (nSPS) is 10.8. The van der Waals surface area contributed by atoms with Gasteiger partial charge in [-0.3, -0.25) is 0 Å². The van der Waals surface area contributed by atoms with E-state index >= 15 is 0 Å². The van der Waals surface area contributed by atoms with E-state index in [9.17, 15) is 0 Å². The van der Waals surface area contributed by atoms with Gasteiger partial charge in [0.05, 0.1) is 17.6 Å². The highest BCUT2D eigenvalue weighted by Crippen LogP contribution is 2.20. The van der Waals surface area contributed by atoms with Crippen LogP contribution in [-0.2, 0) is 19.4 Å². The molecule has 0 saturated heterocycles. The number of para-hydroxylation sites is 3. The van der Waals surface area contributed by atoms with Crippen LogP contribution in [0.4, 0.5) is 0 Å². The maximum absolute atomic E-state index is 6.02. The number of allylic oxidation sites excluding steroid dienone is 1. The van der Waals surface area contributed by atoms with E-state index in [2.05, 4.69) is 42.3 Å². The zero-order chi connectivity index (χ0) is 16.1. The lowest BCUT2D eigenvalue weighted by Gasteiger charge is -2.12. The third-order valence-corrected chi connectivity index (χ3v) is 3.96. The predicted octanol–water partition coefficient (Wildman–Crippen LogP) is 4.41. The summed E-state index contributed by atoms with van der Waals surface area (Å²) >= 11 is 0. The Kier molecular flexibility index (Phi) is 4.77. The van der Waals surface area contributed by atoms with E-state index < -0.39 is 0 Å². The minimum atomic E-state index is 0.626. The van der Waals surface area contributed by atoms with Gasteiger partial charge in [0.15, 0.2) is 0 Å². The lowest BCUT2D eigenvalue weighted by atomic mass is 10.1. The number of aromatic nitrogens is 2. The van der Waals surface area contributed by atoms with Crippen LogP contribution in [0.25, 0.3) is 11.0 Å². The van der Waals surface area contributed by atoms with Gasteiger partial charge in [0.1, 0.15) is 18.2 Å². The summed E-state index contributed by atoms with van der Waals surface area (Å²) in [4.78, 5) is 4.70. The largest absolute Gasteiger partial charge is 0.491 e. The van der Waals surface area contributed by atoms with E-state index in [1.54, 1.807) is 0 Å². The van der Waals surface area contributed by atoms with Crippen LogP contribution in [0.5, 0.6) is 5.75 Å². The van der Waals surface area contributed by atoms with Gasteiger partial charge >= 0.3 is 0 Å². The van der Waals surface area contributed by atoms with E-state index in [-0.39, 0.29) is 0 Å². The Bertz CT molecular complexity index is 804. The van der Waals surface area contributed by atoms with Crippen LogP contribution < -0.4 is 4.74 Å². The van der Waals surface area contributed by atoms with Gasteiger partial charge in [0, 0.05) is 6.42 Å². The molecule has 1 heterocycles. The highest BCUT2D eigenvalue weighted by atomic mass is 16.5. The lowest BCUT2D eigenvalue weighted by Crippen LogP contribution is -2.11. The number of fused-ring (bicyclic) bond motifs is 1. The quantitative estimate of drug-likeness (QED) is 0.605. The van der Waals surface area contributed by atoms with Crippen LogP contribution in [0.2, 0.25) is 0 Å². The first kappa shape index (κ1) is 15.3. The fraction of sp³-hybridized carbons (Fsp3) is 0.250. The lowest BCUT2D eigenvalue weighted by molar-refractivity contribution is 0.296. The van der Waals surface area contributed by atoms with Crippen molar-refractivity contribution in [3.8, 4) is 5.75 Å². The van der Waals surface area contributed by atoms with Gasteiger partial charge in [0.2, 0.25) is 0 Å². The van der Waals surface area contributed by atoms with Gasteiger partial charge in [-0.05, 0) is 30.2 Å². The third-order valence-electron chi connectivity index (χ3n) is 3.96. The third kappa shape index (κ3) is 3.29. The molecule has 23 heavy (non-hydrogen) atoms. The van der Waals surface area contributed by atoms with E-state index in [0.29, 0.717) is 6.61 Å². The number of aryl methyl sites for hydroxylation is 1. The van der Waals surface area contributed by atoms with Crippen LogP contribution >= 0.6 is 0 Å². The molecule has 3 nitrogen and oxygen atoms in total. The van der Waals surface area contributed by atoms with Gasteiger partial charge in [0.25, 0.3) is 0 Å². The van der Waals surface area contributed by atoms with Crippen molar-refractivity contribution in [3.05, 3.63) is 72.6 Å². The van der Waals surface area contributed by atoms with Gasteiger partial charge in [-0.1, -0.05) is 43.3 Å². The topological polar surface area (TPSA) is 27.1 Å².